The summed E-state index contributed by atoms with van der Waals surface area (Å²) in [5.41, 5.74) is 0.332. The van der Waals surface area contributed by atoms with Crippen LogP contribution in [-0.4, -0.2) is 37.3 Å². The van der Waals surface area contributed by atoms with Crippen LogP contribution in [0.15, 0.2) is 48.4 Å². The Kier molecular flexibility index (Phi) is 62.2. The van der Waals surface area contributed by atoms with Crippen LogP contribution in [-0.2, 0) is 19.0 Å². The van der Waals surface area contributed by atoms with E-state index in [1.807, 2.05) is 6.92 Å². The number of esters is 1. The molecule has 7 nitrogen and oxygen atoms in total. The topological polar surface area (TPSA) is 87.9 Å². The number of allylic oxidation sites excluding steroid dienone is 4. The number of halogens is 4. The van der Waals surface area contributed by atoms with Gasteiger partial charge in [0.05, 0.1) is 28.8 Å². The van der Waals surface area contributed by atoms with E-state index in [-0.39, 0.29) is 162 Å². The second-order valence-corrected chi connectivity index (χ2v) is 8.72. The fraction of sp³-hybridized carbons (Fsp3) is 0.700. The van der Waals surface area contributed by atoms with Crippen molar-refractivity contribution in [2.75, 3.05) is 14.2 Å². The molecule has 0 amide bonds. The van der Waals surface area contributed by atoms with Crippen molar-refractivity contribution in [1.29, 1.82) is 0 Å². The number of nitrogens with zero attached hydrogens (tertiary/aromatic N) is 1. The summed E-state index contributed by atoms with van der Waals surface area (Å²) in [6.45, 7) is 12.2. The average molecular weight is 676 g/mol. The molecule has 0 radical (unpaired) electrons. The fourth-order valence-corrected chi connectivity index (χ4v) is 3.17. The molecule has 2 rings (SSSR count). The maximum atomic E-state index is 12.3. The smallest absolute Gasteiger partial charge is 1.00 e. The van der Waals surface area contributed by atoms with Crippen LogP contribution in [0.1, 0.15) is 113 Å². The Labute approximate surface area is 343 Å². The predicted octanol–water partition coefficient (Wildman–Crippen LogP) is -2.41. The summed E-state index contributed by atoms with van der Waals surface area (Å²) >= 11 is 0. The molecule has 0 heterocycles. The molecule has 0 aromatic heterocycles. The zero-order valence-electron chi connectivity index (χ0n) is 26.1. The van der Waals surface area contributed by atoms with E-state index in [1.54, 1.807) is 26.4 Å². The number of unbranched alkanes of at least 4 members (excludes halogenated alkanes) is 2. The van der Waals surface area contributed by atoms with Crippen molar-refractivity contribution in [1.82, 2.24) is 0 Å². The van der Waals surface area contributed by atoms with Crippen LogP contribution >= 0.6 is 0 Å². The van der Waals surface area contributed by atoms with Crippen molar-refractivity contribution >= 4 is 5.97 Å². The fourth-order valence-electron chi connectivity index (χ4n) is 3.17. The summed E-state index contributed by atoms with van der Waals surface area (Å²) in [5, 5.41) is 10.2. The third kappa shape index (κ3) is 42.7. The predicted molar refractivity (Wildman–Crippen MR) is 157 cm³/mol. The van der Waals surface area contributed by atoms with Crippen molar-refractivity contribution in [2.24, 2.45) is 0 Å². The Morgan fingerprint density at radius 3 is 1.67 bits per heavy atom. The maximum absolute atomic E-state index is 12.3. The molecule has 246 valence electrons. The van der Waals surface area contributed by atoms with E-state index < -0.39 is 0 Å². The molecule has 0 spiro atoms. The largest absolute Gasteiger partial charge is 1.00 e. The third-order valence-electron chi connectivity index (χ3n) is 5.45. The monoisotopic (exact) mass is 675 g/mol. The average Bonchev–Trinajstić information content (AvgIpc) is 2.87. The molecule has 0 saturated carbocycles. The first-order valence-electron chi connectivity index (χ1n) is 12.9. The van der Waals surface area contributed by atoms with Crippen LogP contribution in [0.3, 0.4) is 0 Å². The molecule has 2 unspecified atom stereocenters. The Morgan fingerprint density at radius 1 is 0.953 bits per heavy atom. The third-order valence-corrected chi connectivity index (χ3v) is 5.45. The number of hydrogen-bond acceptors (Lipinski definition) is 6. The molecule has 0 aromatic carbocycles. The van der Waals surface area contributed by atoms with Crippen molar-refractivity contribution in [2.45, 2.75) is 125 Å². The van der Waals surface area contributed by atoms with Gasteiger partial charge in [0.2, 0.25) is 5.70 Å². The Balaban J connectivity index is -0.0000000611. The summed E-state index contributed by atoms with van der Waals surface area (Å²) in [7, 11) is 3.30. The van der Waals surface area contributed by atoms with Crippen LogP contribution in [0.2, 0.25) is 0 Å². The summed E-state index contributed by atoms with van der Waals surface area (Å²) < 4.78 is 38.8. The van der Waals surface area contributed by atoms with Crippen molar-refractivity contribution < 1.29 is 145 Å². The van der Waals surface area contributed by atoms with Crippen LogP contribution in [0, 0.1) is 10.1 Å². The molecule has 0 bridgehead atoms. The maximum Gasteiger partial charge on any atom is 1.00 e. The van der Waals surface area contributed by atoms with Gasteiger partial charge in [-0.2, -0.15) is 0 Å². The molecular formula is C30H55F4K2NO6. The van der Waals surface area contributed by atoms with Gasteiger partial charge in [-0.3, -0.25) is 14.9 Å². The van der Waals surface area contributed by atoms with E-state index in [1.165, 1.54) is 6.92 Å². The molecule has 13 heteroatoms. The van der Waals surface area contributed by atoms with Crippen LogP contribution < -0.4 is 112 Å². The SMILES string of the molecule is C.C.C=C(CCCC)OC(C)=O.C=C([18F])CCCC.COC1CC=C([18F])CC1.COC1CC=C([N+](=O)[O-])CC1.[18F-].[18F-].[K+].[K+]. The normalized spacial score (nSPS) is 15.6. The van der Waals surface area contributed by atoms with Gasteiger partial charge in [-0.15, -0.1) is 0 Å². The standard InChI is InChI=1S/C8H14O2.C7H11FO.C7H11NO3.C6H11F.2CH4.2FH.2K/c1-4-5-6-7(2)10-8(3)9;1-9-7-4-2-6(8)3-5-7;1-11-7-4-2-6(3-5-7)8(9)10;1-3-4-5-6(2)7;;;;;;/h2,4-6H2,1,3H3;2,7H,3-5H2,1H3;2,7H,3-5H2,1H3;2-5H2,1H3;2*1H4;2*1H;;/q;;;;;;;;2*+1/p-2/i;8-1;;7-1;;;2*1-1;;. The number of methoxy groups -OCH3 is 2. The van der Waals surface area contributed by atoms with E-state index in [4.69, 9.17) is 14.2 Å². The van der Waals surface area contributed by atoms with Crippen LogP contribution in [0.5, 0.6) is 0 Å². The first kappa shape index (κ1) is 62.6. The molecule has 0 aromatic rings. The summed E-state index contributed by atoms with van der Waals surface area (Å²) in [6.07, 6.45) is 13.2. The van der Waals surface area contributed by atoms with Gasteiger partial charge < -0.3 is 23.6 Å². The summed E-state index contributed by atoms with van der Waals surface area (Å²) in [4.78, 5) is 20.3. The minimum atomic E-state index is -0.314. The zero-order chi connectivity index (χ0) is 28.6. The van der Waals surface area contributed by atoms with E-state index in [2.05, 4.69) is 20.1 Å². The minimum Gasteiger partial charge on any atom is -1.00 e. The molecule has 43 heavy (non-hydrogen) atoms. The van der Waals surface area contributed by atoms with Crippen molar-refractivity contribution in [3.05, 3.63) is 58.5 Å². The minimum absolute atomic E-state index is 0. The number of rotatable bonds is 10. The van der Waals surface area contributed by atoms with E-state index >= 15 is 0 Å². The number of ether oxygens (including phenoxy) is 3. The number of carbonyl (C=O) groups excluding carboxylic acids is 1. The quantitative estimate of drug-likeness (QED) is 0.0641. The molecule has 2 aliphatic carbocycles. The molecular weight excluding hydrogens is 621 g/mol. The van der Waals surface area contributed by atoms with Crippen LogP contribution in [0.4, 0.5) is 8.78 Å². The number of carbonyl (C=O) groups is 1. The Bertz CT molecular complexity index is 756. The summed E-state index contributed by atoms with van der Waals surface area (Å²) in [5.74, 6) is 0.126. The number of hydrogen-bond donors (Lipinski definition) is 0. The molecule has 0 N–H and O–H groups in total. The van der Waals surface area contributed by atoms with E-state index in [9.17, 15) is 23.7 Å². The van der Waals surface area contributed by atoms with Gasteiger partial charge in [-0.1, -0.05) is 60.8 Å². The van der Waals surface area contributed by atoms with Gasteiger partial charge in [0.1, 0.15) is 5.76 Å². The second-order valence-electron chi connectivity index (χ2n) is 8.72. The Hall–Kier alpha value is 0.743. The molecule has 2 aliphatic rings. The summed E-state index contributed by atoms with van der Waals surface area (Å²) in [6, 6.07) is 0. The van der Waals surface area contributed by atoms with Gasteiger partial charge in [0, 0.05) is 40.4 Å². The first-order chi connectivity index (χ1) is 17.5. The van der Waals surface area contributed by atoms with Gasteiger partial charge in [0.15, 0.2) is 0 Å². The van der Waals surface area contributed by atoms with Gasteiger partial charge in [-0.05, 0) is 51.0 Å². The zero-order valence-corrected chi connectivity index (χ0v) is 32.4. The second kappa shape index (κ2) is 42.7. The van der Waals surface area contributed by atoms with Gasteiger partial charge in [0.25, 0.3) is 0 Å². The van der Waals surface area contributed by atoms with E-state index in [0.717, 1.165) is 51.4 Å². The van der Waals surface area contributed by atoms with E-state index in [0.29, 0.717) is 37.1 Å². The molecule has 0 saturated heterocycles. The Morgan fingerprint density at radius 2 is 1.40 bits per heavy atom. The molecule has 0 aliphatic heterocycles. The van der Waals surface area contributed by atoms with Crippen molar-refractivity contribution in [3.63, 3.8) is 0 Å². The number of nitro groups is 1. The first-order valence-corrected chi connectivity index (χ1v) is 12.9. The van der Waals surface area contributed by atoms with Gasteiger partial charge >= 0.3 is 109 Å². The van der Waals surface area contributed by atoms with Gasteiger partial charge in [-0.25, -0.2) is 8.78 Å². The van der Waals surface area contributed by atoms with Crippen molar-refractivity contribution in [3.8, 4) is 0 Å². The van der Waals surface area contributed by atoms with Crippen LogP contribution in [0.25, 0.3) is 0 Å². The molecule has 2 atom stereocenters. The molecule has 0 fully saturated rings.